The highest BCUT2D eigenvalue weighted by Crippen LogP contribution is 2.20. The molecule has 6 heteroatoms. The molecule has 1 aromatic rings. The van der Waals surface area contributed by atoms with Gasteiger partial charge >= 0.3 is 0 Å². The number of nitrogens with one attached hydrogen (secondary N) is 1. The number of nitriles is 1. The van der Waals surface area contributed by atoms with Crippen LogP contribution in [-0.4, -0.2) is 30.0 Å². The van der Waals surface area contributed by atoms with Gasteiger partial charge in [0.25, 0.3) is 0 Å². The third kappa shape index (κ3) is 2.94. The lowest BCUT2D eigenvalue weighted by Crippen LogP contribution is -2.45. The minimum atomic E-state index is -0.638. The first-order chi connectivity index (χ1) is 8.50. The van der Waals surface area contributed by atoms with E-state index < -0.39 is 11.6 Å². The number of anilines is 1. The van der Waals surface area contributed by atoms with E-state index in [-0.39, 0.29) is 11.7 Å². The number of hydrogen-bond donors (Lipinski definition) is 1. The molecule has 1 aromatic heterocycles. The molecule has 1 saturated heterocycles. The van der Waals surface area contributed by atoms with E-state index in [0.717, 1.165) is 0 Å². The normalized spacial score (nSPS) is 19.2. The number of aromatic nitrogens is 1. The summed E-state index contributed by atoms with van der Waals surface area (Å²) in [6.07, 6.45) is 1.42. The fraction of sp³-hybridized carbons (Fsp3) is 0.500. The largest absolute Gasteiger partial charge is 0.376 e. The number of nitrogens with zero attached hydrogens (tertiary/aromatic N) is 2. The van der Waals surface area contributed by atoms with Crippen molar-refractivity contribution in [3.05, 3.63) is 23.8 Å². The predicted molar refractivity (Wildman–Crippen MR) is 62.3 cm³/mol. The average molecular weight is 251 g/mol. The average Bonchev–Trinajstić information content (AvgIpc) is 2.32. The summed E-state index contributed by atoms with van der Waals surface area (Å²) in [6, 6.07) is 2.85. The highest BCUT2D eigenvalue weighted by Gasteiger charge is 2.28. The summed E-state index contributed by atoms with van der Waals surface area (Å²) in [5, 5.41) is 11.6. The zero-order chi connectivity index (χ0) is 13.2. The monoisotopic (exact) mass is 251 g/mol. The van der Waals surface area contributed by atoms with Gasteiger partial charge in [-0.3, -0.25) is 0 Å². The molecule has 0 atom stereocenters. The Labute approximate surface area is 105 Å². The number of hydrogen-bond acceptors (Lipinski definition) is 5. The van der Waals surface area contributed by atoms with Crippen molar-refractivity contribution in [2.24, 2.45) is 0 Å². The van der Waals surface area contributed by atoms with E-state index in [1.165, 1.54) is 12.3 Å². The highest BCUT2D eigenvalue weighted by atomic mass is 19.1. The van der Waals surface area contributed by atoms with E-state index in [0.29, 0.717) is 18.9 Å². The molecule has 1 fully saturated rings. The Bertz CT molecular complexity index is 475. The summed E-state index contributed by atoms with van der Waals surface area (Å²) in [4.78, 5) is 3.71. The second-order valence-electron chi connectivity index (χ2n) is 4.53. The van der Waals surface area contributed by atoms with E-state index >= 15 is 0 Å². The maximum absolute atomic E-state index is 13.3. The van der Waals surface area contributed by atoms with Crippen molar-refractivity contribution in [3.8, 4) is 6.07 Å². The van der Waals surface area contributed by atoms with Crippen molar-refractivity contribution in [1.82, 2.24) is 4.98 Å². The minimum Gasteiger partial charge on any atom is -0.376 e. The number of ether oxygens (including phenoxy) is 2. The van der Waals surface area contributed by atoms with Crippen LogP contribution in [0.5, 0.6) is 0 Å². The molecule has 0 spiro atoms. The van der Waals surface area contributed by atoms with Gasteiger partial charge in [0.15, 0.2) is 17.3 Å². The Hall–Kier alpha value is -1.71. The van der Waals surface area contributed by atoms with Crippen LogP contribution in [0.2, 0.25) is 0 Å². The van der Waals surface area contributed by atoms with E-state index in [9.17, 15) is 4.39 Å². The summed E-state index contributed by atoms with van der Waals surface area (Å²) in [5.41, 5.74) is 0.293. The molecule has 18 heavy (non-hydrogen) atoms. The van der Waals surface area contributed by atoms with E-state index in [1.54, 1.807) is 6.07 Å². The number of pyridine rings is 1. The third-order valence-electron chi connectivity index (χ3n) is 2.58. The predicted octanol–water partition coefficient (Wildman–Crippen LogP) is 1.66. The Kier molecular flexibility index (Phi) is 3.45. The molecule has 0 unspecified atom stereocenters. The Morgan fingerprint density at radius 2 is 2.17 bits per heavy atom. The van der Waals surface area contributed by atoms with Crippen molar-refractivity contribution in [1.29, 1.82) is 5.26 Å². The fourth-order valence-electron chi connectivity index (χ4n) is 1.61. The summed E-state index contributed by atoms with van der Waals surface area (Å²) in [7, 11) is 0. The zero-order valence-electron chi connectivity index (χ0n) is 10.2. The topological polar surface area (TPSA) is 67.2 Å². The van der Waals surface area contributed by atoms with Crippen LogP contribution in [0.15, 0.2) is 12.3 Å². The molecule has 0 aromatic carbocycles. The van der Waals surface area contributed by atoms with Crippen LogP contribution in [0, 0.1) is 17.1 Å². The van der Waals surface area contributed by atoms with Gasteiger partial charge in [0.05, 0.1) is 31.1 Å². The summed E-state index contributed by atoms with van der Waals surface area (Å²) >= 11 is 0. The molecule has 1 N–H and O–H groups in total. The molecule has 0 bridgehead atoms. The maximum Gasteiger partial charge on any atom is 0.176 e. The van der Waals surface area contributed by atoms with E-state index in [4.69, 9.17) is 14.7 Å². The lowest BCUT2D eigenvalue weighted by Gasteiger charge is -2.35. The van der Waals surface area contributed by atoms with Crippen LogP contribution >= 0.6 is 0 Å². The van der Waals surface area contributed by atoms with Crippen LogP contribution in [0.25, 0.3) is 0 Å². The lowest BCUT2D eigenvalue weighted by atomic mass is 10.2. The van der Waals surface area contributed by atoms with E-state index in [1.807, 2.05) is 13.8 Å². The highest BCUT2D eigenvalue weighted by molar-refractivity contribution is 5.44. The Morgan fingerprint density at radius 3 is 2.72 bits per heavy atom. The standard InChI is InChI=1S/C12H14FN3O2/c1-12(2)17-6-9(7-18-12)16-8-3-10(13)11(4-14)15-5-8/h3,5,9,16H,6-7H2,1-2H3. The number of rotatable bonds is 2. The summed E-state index contributed by atoms with van der Waals surface area (Å²) in [6.45, 7) is 4.61. The van der Waals surface area contributed by atoms with Crippen LogP contribution in [0.1, 0.15) is 19.5 Å². The minimum absolute atomic E-state index is 0.0628. The molecule has 5 nitrogen and oxygen atoms in total. The van der Waals surface area contributed by atoms with Crippen molar-refractivity contribution in [2.75, 3.05) is 18.5 Å². The first kappa shape index (κ1) is 12.7. The maximum atomic E-state index is 13.3. The molecule has 0 amide bonds. The summed E-state index contributed by atoms with van der Waals surface area (Å²) < 4.78 is 24.3. The molecule has 0 radical (unpaired) electrons. The second-order valence-corrected chi connectivity index (χ2v) is 4.53. The van der Waals surface area contributed by atoms with Gasteiger partial charge in [0.1, 0.15) is 6.07 Å². The Balaban J connectivity index is 1.99. The molecule has 1 aliphatic rings. The van der Waals surface area contributed by atoms with Crippen LogP contribution in [0.3, 0.4) is 0 Å². The first-order valence-corrected chi connectivity index (χ1v) is 5.60. The third-order valence-corrected chi connectivity index (χ3v) is 2.58. The molecule has 0 saturated carbocycles. The van der Waals surface area contributed by atoms with Crippen LogP contribution in [0.4, 0.5) is 10.1 Å². The molecule has 0 aliphatic carbocycles. The molecule has 2 heterocycles. The van der Waals surface area contributed by atoms with Gasteiger partial charge in [-0.2, -0.15) is 5.26 Å². The molecular formula is C12H14FN3O2. The van der Waals surface area contributed by atoms with Gasteiger partial charge in [-0.25, -0.2) is 9.37 Å². The van der Waals surface area contributed by atoms with Crippen molar-refractivity contribution in [2.45, 2.75) is 25.7 Å². The first-order valence-electron chi connectivity index (χ1n) is 5.60. The van der Waals surface area contributed by atoms with Gasteiger partial charge in [-0.15, -0.1) is 0 Å². The second kappa shape index (κ2) is 4.88. The molecule has 2 rings (SSSR count). The molecule has 1 aliphatic heterocycles. The SMILES string of the molecule is CC1(C)OCC(Nc2cnc(C#N)c(F)c2)CO1. The van der Waals surface area contributed by atoms with Gasteiger partial charge in [-0.1, -0.05) is 0 Å². The lowest BCUT2D eigenvalue weighted by molar-refractivity contribution is -0.247. The Morgan fingerprint density at radius 1 is 1.50 bits per heavy atom. The number of halogens is 1. The quantitative estimate of drug-likeness (QED) is 0.865. The van der Waals surface area contributed by atoms with Crippen molar-refractivity contribution < 1.29 is 13.9 Å². The van der Waals surface area contributed by atoms with Crippen molar-refractivity contribution >= 4 is 5.69 Å². The van der Waals surface area contributed by atoms with Crippen LogP contribution in [-0.2, 0) is 9.47 Å². The summed E-state index contributed by atoms with van der Waals surface area (Å²) in [5.74, 6) is -1.22. The van der Waals surface area contributed by atoms with Gasteiger partial charge in [0.2, 0.25) is 0 Å². The fourth-order valence-corrected chi connectivity index (χ4v) is 1.61. The molecular weight excluding hydrogens is 237 g/mol. The zero-order valence-corrected chi connectivity index (χ0v) is 10.2. The van der Waals surface area contributed by atoms with E-state index in [2.05, 4.69) is 10.3 Å². The van der Waals surface area contributed by atoms with Gasteiger partial charge < -0.3 is 14.8 Å². The molecule has 96 valence electrons. The smallest absolute Gasteiger partial charge is 0.176 e. The van der Waals surface area contributed by atoms with Gasteiger partial charge in [-0.05, 0) is 13.8 Å². The van der Waals surface area contributed by atoms with Gasteiger partial charge in [0, 0.05) is 6.07 Å². The van der Waals surface area contributed by atoms with Crippen LogP contribution < -0.4 is 5.32 Å². The van der Waals surface area contributed by atoms with Crippen molar-refractivity contribution in [3.63, 3.8) is 0 Å².